The van der Waals surface area contributed by atoms with Crippen molar-refractivity contribution >= 4 is 17.4 Å². The summed E-state index contributed by atoms with van der Waals surface area (Å²) in [6.45, 7) is 3.81. The van der Waals surface area contributed by atoms with Gasteiger partial charge < -0.3 is 20.4 Å². The fraction of sp³-hybridized carbons (Fsp3) is 0.316. The number of alkyl halides is 1. The highest BCUT2D eigenvalue weighted by atomic mass is 35.5. The molecule has 0 aromatic heterocycles. The van der Waals surface area contributed by atoms with Gasteiger partial charge in [-0.3, -0.25) is 4.79 Å². The Kier molecular flexibility index (Phi) is 8.08. The number of phenols is 4. The molecule has 0 spiro atoms. The third-order valence-corrected chi connectivity index (χ3v) is 3.84. The van der Waals surface area contributed by atoms with Crippen LogP contribution in [0.5, 0.6) is 23.0 Å². The lowest BCUT2D eigenvalue weighted by Crippen LogP contribution is -2.01. The molecule has 0 heterocycles. The second-order valence-corrected chi connectivity index (χ2v) is 5.76. The number of ketones is 1. The predicted octanol–water partition coefficient (Wildman–Crippen LogP) is 4.13. The topological polar surface area (TPSA) is 98.0 Å². The van der Waals surface area contributed by atoms with E-state index in [1.54, 1.807) is 12.1 Å². The Morgan fingerprint density at radius 3 is 2.00 bits per heavy atom. The van der Waals surface area contributed by atoms with Crippen LogP contribution in [0.1, 0.15) is 41.8 Å². The molecule has 0 aliphatic carbocycles. The van der Waals surface area contributed by atoms with Gasteiger partial charge in [0.1, 0.15) is 23.0 Å². The molecule has 0 atom stereocenters. The van der Waals surface area contributed by atoms with Crippen molar-refractivity contribution in [3.63, 3.8) is 0 Å². The molecule has 0 saturated heterocycles. The molecule has 2 rings (SSSR count). The van der Waals surface area contributed by atoms with Gasteiger partial charge in [-0.15, -0.1) is 11.6 Å². The Morgan fingerprint density at radius 2 is 1.48 bits per heavy atom. The van der Waals surface area contributed by atoms with E-state index in [0.29, 0.717) is 12.0 Å². The molecule has 0 aliphatic heterocycles. The second-order valence-electron chi connectivity index (χ2n) is 5.38. The molecule has 6 heteroatoms. The van der Waals surface area contributed by atoms with Gasteiger partial charge in [-0.05, 0) is 36.1 Å². The number of aryl methyl sites for hydroxylation is 2. The lowest BCUT2D eigenvalue weighted by Gasteiger charge is -2.07. The summed E-state index contributed by atoms with van der Waals surface area (Å²) in [4.78, 5) is 11.5. The van der Waals surface area contributed by atoms with Crippen LogP contribution in [0.3, 0.4) is 0 Å². The van der Waals surface area contributed by atoms with Crippen LogP contribution in [0, 0.1) is 0 Å². The molecule has 2 aromatic rings. The lowest BCUT2D eigenvalue weighted by molar-refractivity contribution is 0.0986. The highest BCUT2D eigenvalue weighted by molar-refractivity contribution is 6.19. The number of rotatable bonds is 5. The molecule has 0 aliphatic rings. The van der Waals surface area contributed by atoms with Crippen molar-refractivity contribution in [1.82, 2.24) is 0 Å². The first kappa shape index (κ1) is 20.6. The number of Topliss-reactive ketones (excluding diaryl/α,β-unsaturated/α-hetero) is 1. The highest BCUT2D eigenvalue weighted by Gasteiger charge is 2.13. The smallest absolute Gasteiger partial charge is 0.167 e. The maximum absolute atomic E-state index is 11.5. The number of phenolic OH excluding ortho intramolecular Hbond substituents is 4. The molecule has 4 N–H and O–H groups in total. The van der Waals surface area contributed by atoms with E-state index < -0.39 is 0 Å². The number of aromatic hydroxyl groups is 4. The average Bonchev–Trinajstić information content (AvgIpc) is 2.56. The summed E-state index contributed by atoms with van der Waals surface area (Å²) in [6, 6.07) is 7.34. The van der Waals surface area contributed by atoms with Crippen LogP contribution in [-0.4, -0.2) is 32.1 Å². The van der Waals surface area contributed by atoms with Crippen LogP contribution in [-0.2, 0) is 12.8 Å². The lowest BCUT2D eigenvalue weighted by atomic mass is 10.0. The highest BCUT2D eigenvalue weighted by Crippen LogP contribution is 2.28. The van der Waals surface area contributed by atoms with Gasteiger partial charge in [-0.25, -0.2) is 0 Å². The van der Waals surface area contributed by atoms with Crippen LogP contribution in [0.15, 0.2) is 30.3 Å². The van der Waals surface area contributed by atoms with E-state index in [9.17, 15) is 15.0 Å². The summed E-state index contributed by atoms with van der Waals surface area (Å²) in [7, 11) is 0. The van der Waals surface area contributed by atoms with Gasteiger partial charge >= 0.3 is 0 Å². The molecular formula is C19H23ClO5. The first-order valence-electron chi connectivity index (χ1n) is 7.98. The van der Waals surface area contributed by atoms with Gasteiger partial charge in [-0.2, -0.15) is 0 Å². The Labute approximate surface area is 152 Å². The molecule has 0 radical (unpaired) electrons. The molecule has 0 amide bonds. The zero-order valence-corrected chi connectivity index (χ0v) is 15.0. The Morgan fingerprint density at radius 1 is 0.880 bits per heavy atom. The van der Waals surface area contributed by atoms with Crippen molar-refractivity contribution in [1.29, 1.82) is 0 Å². The normalized spacial score (nSPS) is 10.0. The standard InChI is InChI=1S/C11H13ClO3.C8H10O2/c1-2-7-5-8(9(13)3-4-12)11(15)6-10(7)14;1-2-6-3-4-7(9)5-8(6)10/h5-6,14-15H,2-4H2,1H3;3-5,9-10H,2H2,1H3. The molecule has 0 fully saturated rings. The average molecular weight is 367 g/mol. The zero-order chi connectivity index (χ0) is 19.0. The van der Waals surface area contributed by atoms with Gasteiger partial charge in [0.15, 0.2) is 5.78 Å². The minimum absolute atomic E-state index is 0.0115. The maximum Gasteiger partial charge on any atom is 0.167 e. The van der Waals surface area contributed by atoms with Crippen LogP contribution >= 0.6 is 11.6 Å². The largest absolute Gasteiger partial charge is 0.508 e. The van der Waals surface area contributed by atoms with Gasteiger partial charge in [0.25, 0.3) is 0 Å². The Hall–Kier alpha value is -2.40. The van der Waals surface area contributed by atoms with Gasteiger partial charge in [0, 0.05) is 24.4 Å². The first-order chi connectivity index (χ1) is 11.8. The van der Waals surface area contributed by atoms with Crippen LogP contribution in [0.2, 0.25) is 0 Å². The Bertz CT molecular complexity index is 728. The summed E-state index contributed by atoms with van der Waals surface area (Å²) in [5.74, 6) is 0.104. The molecule has 2 aromatic carbocycles. The summed E-state index contributed by atoms with van der Waals surface area (Å²) >= 11 is 5.45. The zero-order valence-electron chi connectivity index (χ0n) is 14.3. The molecular weight excluding hydrogens is 344 g/mol. The summed E-state index contributed by atoms with van der Waals surface area (Å²) in [5.41, 5.74) is 1.73. The van der Waals surface area contributed by atoms with Gasteiger partial charge in [-0.1, -0.05) is 19.9 Å². The van der Waals surface area contributed by atoms with Crippen molar-refractivity contribution in [2.45, 2.75) is 33.1 Å². The monoisotopic (exact) mass is 366 g/mol. The van der Waals surface area contributed by atoms with E-state index in [1.165, 1.54) is 18.2 Å². The number of halogens is 1. The number of hydrogen-bond acceptors (Lipinski definition) is 5. The fourth-order valence-corrected chi connectivity index (χ4v) is 2.37. The maximum atomic E-state index is 11.5. The number of carbonyl (C=O) groups excluding carboxylic acids is 1. The van der Waals surface area contributed by atoms with Crippen molar-refractivity contribution in [3.8, 4) is 23.0 Å². The summed E-state index contributed by atoms with van der Waals surface area (Å²) in [6.07, 6.45) is 1.57. The third-order valence-electron chi connectivity index (χ3n) is 3.65. The van der Waals surface area contributed by atoms with Crippen molar-refractivity contribution in [3.05, 3.63) is 47.0 Å². The van der Waals surface area contributed by atoms with Crippen LogP contribution < -0.4 is 0 Å². The third kappa shape index (κ3) is 5.87. The van der Waals surface area contributed by atoms with Crippen molar-refractivity contribution in [2.75, 3.05) is 5.88 Å². The SMILES string of the molecule is CCc1cc(C(=O)CCCl)c(O)cc1O.CCc1ccc(O)cc1O. The molecule has 0 bridgehead atoms. The fourth-order valence-electron chi connectivity index (χ4n) is 2.20. The molecule has 25 heavy (non-hydrogen) atoms. The van der Waals surface area contributed by atoms with Gasteiger partial charge in [0.05, 0.1) is 5.56 Å². The van der Waals surface area contributed by atoms with Crippen LogP contribution in [0.25, 0.3) is 0 Å². The molecule has 5 nitrogen and oxygen atoms in total. The second kappa shape index (κ2) is 9.79. The van der Waals surface area contributed by atoms with E-state index >= 15 is 0 Å². The molecule has 136 valence electrons. The van der Waals surface area contributed by atoms with E-state index in [1.807, 2.05) is 13.8 Å². The predicted molar refractivity (Wildman–Crippen MR) is 98.0 cm³/mol. The number of hydrogen-bond donors (Lipinski definition) is 4. The minimum atomic E-state index is -0.211. The quantitative estimate of drug-likeness (QED) is 0.471. The number of carbonyl (C=O) groups is 1. The molecule has 0 saturated carbocycles. The van der Waals surface area contributed by atoms with E-state index in [2.05, 4.69) is 0 Å². The van der Waals surface area contributed by atoms with Crippen molar-refractivity contribution in [2.24, 2.45) is 0 Å². The van der Waals surface area contributed by atoms with Gasteiger partial charge in [0.2, 0.25) is 0 Å². The Balaban J connectivity index is 0.000000271. The summed E-state index contributed by atoms with van der Waals surface area (Å²) in [5, 5.41) is 36.9. The summed E-state index contributed by atoms with van der Waals surface area (Å²) < 4.78 is 0. The number of benzene rings is 2. The van der Waals surface area contributed by atoms with E-state index in [0.717, 1.165) is 12.0 Å². The molecule has 0 unspecified atom stereocenters. The van der Waals surface area contributed by atoms with E-state index in [4.69, 9.17) is 21.8 Å². The van der Waals surface area contributed by atoms with E-state index in [-0.39, 0.29) is 46.6 Å². The first-order valence-corrected chi connectivity index (χ1v) is 8.52. The van der Waals surface area contributed by atoms with Crippen LogP contribution in [0.4, 0.5) is 0 Å². The minimum Gasteiger partial charge on any atom is -0.508 e. The van der Waals surface area contributed by atoms with Crippen molar-refractivity contribution < 1.29 is 25.2 Å².